The van der Waals surface area contributed by atoms with Crippen LogP contribution in [0.2, 0.25) is 0 Å². The average molecular weight is 401 g/mol. The molecule has 146 valence electrons. The van der Waals surface area contributed by atoms with E-state index in [1.807, 2.05) is 30.3 Å². The smallest absolute Gasteiger partial charge is 0.273 e. The van der Waals surface area contributed by atoms with E-state index in [1.165, 1.54) is 27.7 Å². The maximum absolute atomic E-state index is 12.5. The second-order valence-corrected chi connectivity index (χ2v) is 8.49. The monoisotopic (exact) mass is 401 g/mol. The van der Waals surface area contributed by atoms with Gasteiger partial charge in [-0.1, -0.05) is 35.5 Å². The van der Waals surface area contributed by atoms with Crippen LogP contribution in [0.15, 0.2) is 54.1 Å². The van der Waals surface area contributed by atoms with E-state index in [1.54, 1.807) is 11.6 Å². The molecule has 1 N–H and O–H groups in total. The Morgan fingerprint density at radius 2 is 1.96 bits per heavy atom. The summed E-state index contributed by atoms with van der Waals surface area (Å²) in [6, 6.07) is 9.39. The number of imidazole rings is 1. The summed E-state index contributed by atoms with van der Waals surface area (Å²) in [7, 11) is -1.90. The molecule has 1 aliphatic rings. The fraction of sp³-hybridized carbons (Fsp3) is 0.294. The highest BCUT2D eigenvalue weighted by molar-refractivity contribution is 7.89. The normalized spacial score (nSPS) is 15.3. The lowest BCUT2D eigenvalue weighted by Gasteiger charge is -2.36. The van der Waals surface area contributed by atoms with Crippen LogP contribution in [0.3, 0.4) is 0 Å². The number of aromatic nitrogens is 5. The van der Waals surface area contributed by atoms with Crippen LogP contribution in [0.5, 0.6) is 0 Å². The molecule has 1 aliphatic heterocycles. The Labute approximate surface area is 161 Å². The number of amides is 1. The summed E-state index contributed by atoms with van der Waals surface area (Å²) in [6.07, 6.45) is 4.45. The van der Waals surface area contributed by atoms with Crippen molar-refractivity contribution in [2.45, 2.75) is 17.6 Å². The van der Waals surface area contributed by atoms with Gasteiger partial charge in [-0.25, -0.2) is 18.1 Å². The van der Waals surface area contributed by atoms with Crippen molar-refractivity contribution in [3.63, 3.8) is 0 Å². The number of hydrogen-bond acceptors (Lipinski definition) is 6. The molecule has 4 rings (SSSR count). The molecular formula is C17H19N7O3S. The lowest BCUT2D eigenvalue weighted by molar-refractivity contribution is 0.0945. The van der Waals surface area contributed by atoms with Crippen LogP contribution < -0.4 is 5.32 Å². The summed E-state index contributed by atoms with van der Waals surface area (Å²) in [4.78, 5) is 16.1. The predicted molar refractivity (Wildman–Crippen MR) is 98.6 cm³/mol. The van der Waals surface area contributed by atoms with Crippen LogP contribution >= 0.6 is 0 Å². The molecule has 0 bridgehead atoms. The molecule has 0 unspecified atom stereocenters. The number of hydrogen-bond donors (Lipinski definition) is 1. The fourth-order valence-corrected chi connectivity index (χ4v) is 4.34. The van der Waals surface area contributed by atoms with Gasteiger partial charge < -0.3 is 9.88 Å². The lowest BCUT2D eigenvalue weighted by Crippen LogP contribution is -2.50. The van der Waals surface area contributed by atoms with Gasteiger partial charge in [0.05, 0.1) is 18.6 Å². The van der Waals surface area contributed by atoms with E-state index in [4.69, 9.17) is 0 Å². The van der Waals surface area contributed by atoms with Crippen molar-refractivity contribution >= 4 is 15.9 Å². The summed E-state index contributed by atoms with van der Waals surface area (Å²) < 4.78 is 29.4. The minimum atomic E-state index is -3.61. The molecule has 3 aromatic rings. The Hall–Kier alpha value is -3.05. The Kier molecular flexibility index (Phi) is 4.69. The number of carbonyl (C=O) groups excluding carboxylic acids is 1. The lowest BCUT2D eigenvalue weighted by atomic mass is 10.2. The summed E-state index contributed by atoms with van der Waals surface area (Å²) in [5.41, 5.74) is 1.18. The first-order valence-electron chi connectivity index (χ1n) is 8.65. The molecule has 11 heteroatoms. The van der Waals surface area contributed by atoms with Gasteiger partial charge in [0.1, 0.15) is 0 Å². The average Bonchev–Trinajstić information content (AvgIpc) is 3.29. The number of sulfonamides is 1. The summed E-state index contributed by atoms with van der Waals surface area (Å²) in [6.45, 7) is 0.909. The van der Waals surface area contributed by atoms with Gasteiger partial charge in [0.2, 0.25) is 0 Å². The zero-order chi connectivity index (χ0) is 19.7. The number of benzene rings is 1. The highest BCUT2D eigenvalue weighted by atomic mass is 32.2. The molecule has 1 aromatic carbocycles. The van der Waals surface area contributed by atoms with E-state index in [9.17, 15) is 13.2 Å². The molecule has 1 fully saturated rings. The number of carbonyl (C=O) groups is 1. The van der Waals surface area contributed by atoms with E-state index in [0.717, 1.165) is 5.56 Å². The topological polar surface area (TPSA) is 115 Å². The summed E-state index contributed by atoms with van der Waals surface area (Å²) in [5.74, 6) is -0.326. The van der Waals surface area contributed by atoms with Gasteiger partial charge in [0, 0.05) is 32.9 Å². The Bertz CT molecular complexity index is 1080. The zero-order valence-electron chi connectivity index (χ0n) is 15.1. The molecule has 0 atom stereocenters. The number of rotatable bonds is 6. The predicted octanol–water partition coefficient (Wildman–Crippen LogP) is 0.187. The number of nitrogens with zero attached hydrogens (tertiary/aromatic N) is 6. The van der Waals surface area contributed by atoms with Crippen molar-refractivity contribution in [2.75, 3.05) is 13.1 Å². The molecule has 0 aliphatic carbocycles. The van der Waals surface area contributed by atoms with Crippen LogP contribution in [-0.4, -0.2) is 56.3 Å². The van der Waals surface area contributed by atoms with Crippen molar-refractivity contribution in [1.29, 1.82) is 0 Å². The first kappa shape index (κ1) is 18.3. The third kappa shape index (κ3) is 3.53. The van der Waals surface area contributed by atoms with Crippen LogP contribution in [0, 0.1) is 0 Å². The van der Waals surface area contributed by atoms with E-state index < -0.39 is 10.0 Å². The molecule has 1 amide bonds. The quantitative estimate of drug-likeness (QED) is 0.630. The highest BCUT2D eigenvalue weighted by Crippen LogP contribution is 2.26. The zero-order valence-corrected chi connectivity index (χ0v) is 16.0. The van der Waals surface area contributed by atoms with Gasteiger partial charge in [0.25, 0.3) is 15.9 Å². The molecule has 2 aromatic heterocycles. The molecule has 10 nitrogen and oxygen atoms in total. The highest BCUT2D eigenvalue weighted by Gasteiger charge is 2.39. The maximum atomic E-state index is 12.5. The van der Waals surface area contributed by atoms with Gasteiger partial charge in [0.15, 0.2) is 10.7 Å². The van der Waals surface area contributed by atoms with Crippen molar-refractivity contribution in [3.8, 4) is 0 Å². The maximum Gasteiger partial charge on any atom is 0.273 e. The van der Waals surface area contributed by atoms with Crippen molar-refractivity contribution in [3.05, 3.63) is 60.3 Å². The van der Waals surface area contributed by atoms with Crippen LogP contribution in [-0.2, 0) is 23.6 Å². The van der Waals surface area contributed by atoms with Gasteiger partial charge >= 0.3 is 0 Å². The molecule has 1 saturated heterocycles. The van der Waals surface area contributed by atoms with E-state index in [0.29, 0.717) is 6.54 Å². The second kappa shape index (κ2) is 7.17. The van der Waals surface area contributed by atoms with Gasteiger partial charge in [-0.3, -0.25) is 4.79 Å². The Balaban J connectivity index is 1.35. The number of nitrogens with one attached hydrogen (secondary N) is 1. The van der Waals surface area contributed by atoms with Crippen molar-refractivity contribution in [1.82, 2.24) is 34.2 Å². The summed E-state index contributed by atoms with van der Waals surface area (Å²) >= 11 is 0. The minimum absolute atomic E-state index is 0.0213. The van der Waals surface area contributed by atoms with Crippen molar-refractivity contribution < 1.29 is 13.2 Å². The standard InChI is InChI=1S/C17H19N7O3S/c1-22-11-16(19-12-22)28(26,27)23-8-14(9-23)24-10-15(20-21-24)17(25)18-7-13-5-3-2-4-6-13/h2-6,10-12,14H,7-9H2,1H3,(H,18,25). The van der Waals surface area contributed by atoms with Gasteiger partial charge in [-0.15, -0.1) is 5.10 Å². The molecular weight excluding hydrogens is 382 g/mol. The SMILES string of the molecule is Cn1cnc(S(=O)(=O)N2CC(n3cc(C(=O)NCc4ccccc4)nn3)C2)c1. The third-order valence-corrected chi connectivity index (χ3v) is 6.24. The molecule has 0 radical (unpaired) electrons. The Morgan fingerprint density at radius 1 is 1.21 bits per heavy atom. The van der Waals surface area contributed by atoms with Gasteiger partial charge in [-0.05, 0) is 5.56 Å². The van der Waals surface area contributed by atoms with Crippen molar-refractivity contribution in [2.24, 2.45) is 7.05 Å². The van der Waals surface area contributed by atoms with E-state index in [2.05, 4.69) is 20.6 Å². The number of aryl methyl sites for hydroxylation is 1. The first-order chi connectivity index (χ1) is 13.4. The molecule has 0 spiro atoms. The van der Waals surface area contributed by atoms with E-state index in [-0.39, 0.29) is 35.8 Å². The largest absolute Gasteiger partial charge is 0.347 e. The van der Waals surface area contributed by atoms with Crippen LogP contribution in [0.1, 0.15) is 22.1 Å². The molecule has 0 saturated carbocycles. The van der Waals surface area contributed by atoms with Gasteiger partial charge in [-0.2, -0.15) is 4.31 Å². The van der Waals surface area contributed by atoms with E-state index >= 15 is 0 Å². The third-order valence-electron chi connectivity index (χ3n) is 4.53. The first-order valence-corrected chi connectivity index (χ1v) is 10.1. The summed E-state index contributed by atoms with van der Waals surface area (Å²) in [5, 5.41) is 10.7. The minimum Gasteiger partial charge on any atom is -0.347 e. The van der Waals surface area contributed by atoms with Crippen LogP contribution in [0.4, 0.5) is 0 Å². The second-order valence-electron chi connectivity index (χ2n) is 6.61. The molecule has 3 heterocycles. The molecule has 28 heavy (non-hydrogen) atoms. The Morgan fingerprint density at radius 3 is 2.64 bits per heavy atom. The van der Waals surface area contributed by atoms with Crippen LogP contribution in [0.25, 0.3) is 0 Å². The fourth-order valence-electron chi connectivity index (χ4n) is 2.86.